The number of nitrogens with one attached hydrogen (secondary N) is 1. The topological polar surface area (TPSA) is 21.3 Å². The van der Waals surface area contributed by atoms with Crippen LogP contribution in [-0.4, -0.2) is 6.10 Å². The SMILES string of the molecule is c1ccc(CNc2ccc(OC3CCCC3)cc2)cc1. The third-order valence-electron chi connectivity index (χ3n) is 3.80. The van der Waals surface area contributed by atoms with Gasteiger partial charge in [0.15, 0.2) is 0 Å². The quantitative estimate of drug-likeness (QED) is 0.853. The summed E-state index contributed by atoms with van der Waals surface area (Å²) in [6.07, 6.45) is 5.45. The van der Waals surface area contributed by atoms with Crippen molar-refractivity contribution in [2.24, 2.45) is 0 Å². The Morgan fingerprint density at radius 1 is 0.900 bits per heavy atom. The molecule has 3 rings (SSSR count). The molecular formula is C18H21NO. The number of anilines is 1. The number of hydrogen-bond donors (Lipinski definition) is 1. The van der Waals surface area contributed by atoms with Crippen LogP contribution in [0.2, 0.25) is 0 Å². The standard InChI is InChI=1S/C18H21NO/c1-2-6-15(7-3-1)14-19-16-10-12-18(13-11-16)20-17-8-4-5-9-17/h1-3,6-7,10-13,17,19H,4-5,8-9,14H2. The summed E-state index contributed by atoms with van der Waals surface area (Å²) in [5.41, 5.74) is 2.42. The zero-order valence-corrected chi connectivity index (χ0v) is 11.7. The van der Waals surface area contributed by atoms with E-state index in [0.29, 0.717) is 6.10 Å². The van der Waals surface area contributed by atoms with Gasteiger partial charge in [0.1, 0.15) is 5.75 Å². The Morgan fingerprint density at radius 2 is 1.60 bits per heavy atom. The zero-order chi connectivity index (χ0) is 13.6. The summed E-state index contributed by atoms with van der Waals surface area (Å²) in [6, 6.07) is 18.7. The lowest BCUT2D eigenvalue weighted by Crippen LogP contribution is -2.10. The summed E-state index contributed by atoms with van der Waals surface area (Å²) in [5.74, 6) is 0.988. The number of benzene rings is 2. The van der Waals surface area contributed by atoms with Crippen LogP contribution < -0.4 is 10.1 Å². The summed E-state index contributed by atoms with van der Waals surface area (Å²) in [5, 5.41) is 3.43. The van der Waals surface area contributed by atoms with Crippen LogP contribution in [0.4, 0.5) is 5.69 Å². The van der Waals surface area contributed by atoms with E-state index in [1.54, 1.807) is 0 Å². The zero-order valence-electron chi connectivity index (χ0n) is 11.7. The molecule has 0 saturated heterocycles. The highest BCUT2D eigenvalue weighted by Crippen LogP contribution is 2.25. The lowest BCUT2D eigenvalue weighted by Gasteiger charge is -2.13. The first kappa shape index (κ1) is 13.0. The monoisotopic (exact) mass is 267 g/mol. The fourth-order valence-corrected chi connectivity index (χ4v) is 2.65. The van der Waals surface area contributed by atoms with Crippen molar-refractivity contribution < 1.29 is 4.74 Å². The van der Waals surface area contributed by atoms with Crippen molar-refractivity contribution in [3.63, 3.8) is 0 Å². The molecule has 0 heterocycles. The average Bonchev–Trinajstić information content (AvgIpc) is 3.01. The van der Waals surface area contributed by atoms with E-state index in [9.17, 15) is 0 Å². The molecule has 1 aliphatic rings. The van der Waals surface area contributed by atoms with Crippen LogP contribution >= 0.6 is 0 Å². The van der Waals surface area contributed by atoms with Gasteiger partial charge in [0.25, 0.3) is 0 Å². The largest absolute Gasteiger partial charge is 0.490 e. The molecule has 0 radical (unpaired) electrons. The van der Waals surface area contributed by atoms with Gasteiger partial charge >= 0.3 is 0 Å². The van der Waals surface area contributed by atoms with Gasteiger partial charge < -0.3 is 10.1 Å². The van der Waals surface area contributed by atoms with E-state index in [-0.39, 0.29) is 0 Å². The minimum atomic E-state index is 0.429. The normalized spacial score (nSPS) is 15.2. The van der Waals surface area contributed by atoms with Crippen molar-refractivity contribution in [2.45, 2.75) is 38.3 Å². The number of ether oxygens (including phenoxy) is 1. The Morgan fingerprint density at radius 3 is 2.30 bits per heavy atom. The Labute approximate surface area is 120 Å². The number of rotatable bonds is 5. The maximum atomic E-state index is 5.97. The van der Waals surface area contributed by atoms with Crippen LogP contribution in [0.25, 0.3) is 0 Å². The second-order valence-corrected chi connectivity index (χ2v) is 5.39. The van der Waals surface area contributed by atoms with E-state index < -0.39 is 0 Å². The van der Waals surface area contributed by atoms with Crippen LogP contribution in [0.15, 0.2) is 54.6 Å². The fraction of sp³-hybridized carbons (Fsp3) is 0.333. The first-order valence-corrected chi connectivity index (χ1v) is 7.45. The van der Waals surface area contributed by atoms with Crippen molar-refractivity contribution in [3.8, 4) is 5.75 Å². The van der Waals surface area contributed by atoms with Crippen LogP contribution in [0.5, 0.6) is 5.75 Å². The van der Waals surface area contributed by atoms with Gasteiger partial charge in [-0.3, -0.25) is 0 Å². The minimum Gasteiger partial charge on any atom is -0.490 e. The maximum Gasteiger partial charge on any atom is 0.119 e. The van der Waals surface area contributed by atoms with Crippen LogP contribution in [0.1, 0.15) is 31.2 Å². The molecule has 20 heavy (non-hydrogen) atoms. The van der Waals surface area contributed by atoms with E-state index >= 15 is 0 Å². The summed E-state index contributed by atoms with van der Waals surface area (Å²) >= 11 is 0. The molecule has 0 aliphatic heterocycles. The molecule has 0 atom stereocenters. The molecular weight excluding hydrogens is 246 g/mol. The van der Waals surface area contributed by atoms with Crippen LogP contribution in [0, 0.1) is 0 Å². The van der Waals surface area contributed by atoms with E-state index in [0.717, 1.165) is 18.0 Å². The molecule has 1 fully saturated rings. The molecule has 1 saturated carbocycles. The van der Waals surface area contributed by atoms with Crippen molar-refractivity contribution in [3.05, 3.63) is 60.2 Å². The first-order valence-electron chi connectivity index (χ1n) is 7.45. The molecule has 2 aromatic carbocycles. The Bertz CT molecular complexity index is 515. The second kappa shape index (κ2) is 6.47. The smallest absolute Gasteiger partial charge is 0.119 e. The van der Waals surface area contributed by atoms with Gasteiger partial charge in [0.2, 0.25) is 0 Å². The molecule has 0 aromatic heterocycles. The highest BCUT2D eigenvalue weighted by atomic mass is 16.5. The van der Waals surface area contributed by atoms with Crippen LogP contribution in [0.3, 0.4) is 0 Å². The molecule has 1 aliphatic carbocycles. The Hall–Kier alpha value is -1.96. The molecule has 0 spiro atoms. The molecule has 2 heteroatoms. The second-order valence-electron chi connectivity index (χ2n) is 5.39. The van der Waals surface area contributed by atoms with Gasteiger partial charge in [-0.1, -0.05) is 30.3 Å². The predicted octanol–water partition coefficient (Wildman–Crippen LogP) is 4.62. The lowest BCUT2D eigenvalue weighted by molar-refractivity contribution is 0.210. The first-order chi connectivity index (χ1) is 9.90. The van der Waals surface area contributed by atoms with Crippen LogP contribution in [-0.2, 0) is 6.54 Å². The molecule has 1 N–H and O–H groups in total. The van der Waals surface area contributed by atoms with E-state index in [4.69, 9.17) is 4.74 Å². The number of hydrogen-bond acceptors (Lipinski definition) is 2. The Balaban J connectivity index is 1.53. The Kier molecular flexibility index (Phi) is 4.22. The summed E-state index contributed by atoms with van der Waals surface area (Å²) in [4.78, 5) is 0. The van der Waals surface area contributed by atoms with Gasteiger partial charge in [-0.15, -0.1) is 0 Å². The third kappa shape index (κ3) is 3.53. The van der Waals surface area contributed by atoms with Crippen molar-refractivity contribution in [1.82, 2.24) is 0 Å². The molecule has 0 unspecified atom stereocenters. The van der Waals surface area contributed by atoms with E-state index in [2.05, 4.69) is 53.8 Å². The predicted molar refractivity (Wildman–Crippen MR) is 83.1 cm³/mol. The van der Waals surface area contributed by atoms with Gasteiger partial charge in [-0.05, 0) is 55.5 Å². The maximum absolute atomic E-state index is 5.97. The molecule has 104 valence electrons. The van der Waals surface area contributed by atoms with Crippen molar-refractivity contribution in [1.29, 1.82) is 0 Å². The summed E-state index contributed by atoms with van der Waals surface area (Å²) < 4.78 is 5.97. The van der Waals surface area contributed by atoms with E-state index in [1.165, 1.54) is 31.2 Å². The van der Waals surface area contributed by atoms with Gasteiger partial charge in [0, 0.05) is 12.2 Å². The van der Waals surface area contributed by atoms with Gasteiger partial charge in [0.05, 0.1) is 6.10 Å². The average molecular weight is 267 g/mol. The molecule has 0 bridgehead atoms. The van der Waals surface area contributed by atoms with E-state index in [1.807, 2.05) is 6.07 Å². The van der Waals surface area contributed by atoms with Crippen molar-refractivity contribution >= 4 is 5.69 Å². The van der Waals surface area contributed by atoms with Crippen molar-refractivity contribution in [2.75, 3.05) is 5.32 Å². The van der Waals surface area contributed by atoms with Gasteiger partial charge in [-0.2, -0.15) is 0 Å². The summed E-state index contributed by atoms with van der Waals surface area (Å²) in [7, 11) is 0. The summed E-state index contributed by atoms with van der Waals surface area (Å²) in [6.45, 7) is 0.851. The fourth-order valence-electron chi connectivity index (χ4n) is 2.65. The molecule has 2 aromatic rings. The highest BCUT2D eigenvalue weighted by molar-refractivity contribution is 5.46. The third-order valence-corrected chi connectivity index (χ3v) is 3.80. The van der Waals surface area contributed by atoms with Gasteiger partial charge in [-0.25, -0.2) is 0 Å². The molecule has 0 amide bonds. The lowest BCUT2D eigenvalue weighted by atomic mass is 10.2. The minimum absolute atomic E-state index is 0.429. The molecule has 2 nitrogen and oxygen atoms in total. The highest BCUT2D eigenvalue weighted by Gasteiger charge is 2.16.